The van der Waals surface area contributed by atoms with Gasteiger partial charge in [0, 0.05) is 15.5 Å². The highest BCUT2D eigenvalue weighted by Gasteiger charge is 2.11. The molecule has 0 aliphatic rings. The van der Waals surface area contributed by atoms with Crippen LogP contribution in [0.1, 0.15) is 0 Å². The van der Waals surface area contributed by atoms with E-state index in [0.29, 0.717) is 5.02 Å². The van der Waals surface area contributed by atoms with Crippen molar-refractivity contribution in [2.75, 3.05) is 0 Å². The average molecular weight is 336 g/mol. The van der Waals surface area contributed by atoms with Crippen molar-refractivity contribution in [3.05, 3.63) is 64.3 Å². The summed E-state index contributed by atoms with van der Waals surface area (Å²) in [6, 6.07) is 15.0. The number of carboxylic acid groups (broad SMARTS) is 1. The molecule has 0 aliphatic heterocycles. The summed E-state index contributed by atoms with van der Waals surface area (Å²) in [6.07, 6.45) is 0. The number of nitrogens with one attached hydrogen (secondary N) is 1. The number of benzene rings is 2. The van der Waals surface area contributed by atoms with E-state index in [1.54, 1.807) is 0 Å². The maximum absolute atomic E-state index is 10.9. The fourth-order valence-electron chi connectivity index (χ4n) is 1.78. The first kappa shape index (κ1) is 16.2. The van der Waals surface area contributed by atoms with Crippen molar-refractivity contribution in [1.29, 1.82) is 0 Å². The second-order valence-corrected chi connectivity index (χ2v) is 5.79. The minimum atomic E-state index is -1.23. The Balaban J connectivity index is 2.25. The largest absolute Gasteiger partial charge is 0.477 e. The van der Waals surface area contributed by atoms with E-state index in [0.717, 1.165) is 27.8 Å². The Kier molecular flexibility index (Phi) is 5.32. The van der Waals surface area contributed by atoms with Gasteiger partial charge in [-0.05, 0) is 23.8 Å². The van der Waals surface area contributed by atoms with Crippen LogP contribution in [0.3, 0.4) is 0 Å². The van der Waals surface area contributed by atoms with E-state index in [9.17, 15) is 4.79 Å². The first-order chi connectivity index (χ1) is 10.5. The Morgan fingerprint density at radius 1 is 1.14 bits per heavy atom. The number of hydrazine groups is 1. The van der Waals surface area contributed by atoms with Gasteiger partial charge >= 0.3 is 5.97 Å². The van der Waals surface area contributed by atoms with Crippen LogP contribution in [0, 0.1) is 0 Å². The first-order valence-electron chi connectivity index (χ1n) is 6.25. The predicted molar refractivity (Wildman–Crippen MR) is 88.9 cm³/mol. The molecule has 0 amide bonds. The summed E-state index contributed by atoms with van der Waals surface area (Å²) < 4.78 is 0. The molecule has 5 nitrogen and oxygen atoms in total. The molecule has 2 rings (SSSR count). The Labute approximate surface area is 136 Å². The van der Waals surface area contributed by atoms with Crippen molar-refractivity contribution in [1.82, 2.24) is 5.43 Å². The number of hydrogen-bond acceptors (Lipinski definition) is 5. The van der Waals surface area contributed by atoms with Crippen molar-refractivity contribution < 1.29 is 9.90 Å². The number of carboxylic acids is 1. The highest BCUT2D eigenvalue weighted by Crippen LogP contribution is 2.31. The maximum Gasteiger partial charge on any atom is 0.354 e. The molecule has 0 aromatic heterocycles. The van der Waals surface area contributed by atoms with Gasteiger partial charge in [0.05, 0.1) is 0 Å². The number of hydrogen-bond donors (Lipinski definition) is 4. The van der Waals surface area contributed by atoms with Gasteiger partial charge in [-0.2, -0.15) is 0 Å². The van der Waals surface area contributed by atoms with Crippen LogP contribution < -0.4 is 17.0 Å². The van der Waals surface area contributed by atoms with Gasteiger partial charge in [0.2, 0.25) is 0 Å². The molecule has 0 fully saturated rings. The summed E-state index contributed by atoms with van der Waals surface area (Å²) in [4.78, 5) is 11.7. The molecule has 0 aliphatic carbocycles. The molecule has 2 aromatic rings. The molecule has 7 heteroatoms. The minimum Gasteiger partial charge on any atom is -0.477 e. The molecule has 22 heavy (non-hydrogen) atoms. The lowest BCUT2D eigenvalue weighted by atomic mass is 10.1. The van der Waals surface area contributed by atoms with Gasteiger partial charge in [0.1, 0.15) is 10.7 Å². The van der Waals surface area contributed by atoms with Gasteiger partial charge < -0.3 is 16.3 Å². The lowest BCUT2D eigenvalue weighted by molar-refractivity contribution is -0.132. The smallest absolute Gasteiger partial charge is 0.354 e. The summed E-state index contributed by atoms with van der Waals surface area (Å²) in [7, 11) is 0. The van der Waals surface area contributed by atoms with Crippen LogP contribution in [-0.2, 0) is 4.79 Å². The molecule has 0 heterocycles. The Hall–Kier alpha value is -2.15. The minimum absolute atomic E-state index is 0.179. The number of rotatable bonds is 5. The van der Waals surface area contributed by atoms with Crippen LogP contribution in [0.15, 0.2) is 64.2 Å². The van der Waals surface area contributed by atoms with E-state index in [1.165, 1.54) is 0 Å². The topological polar surface area (TPSA) is 101 Å². The Morgan fingerprint density at radius 2 is 1.77 bits per heavy atom. The second-order valence-electron chi connectivity index (χ2n) is 4.30. The molecule has 2 aromatic carbocycles. The first-order valence-corrected chi connectivity index (χ1v) is 7.45. The molecule has 0 bridgehead atoms. The Morgan fingerprint density at radius 3 is 2.32 bits per heavy atom. The SMILES string of the molecule is NN/C(Sc1ccc(-c2ccccc2Cl)cc1)=C(\N)C(=O)O. The maximum atomic E-state index is 10.9. The monoisotopic (exact) mass is 335 g/mol. The third-order valence-electron chi connectivity index (χ3n) is 2.87. The lowest BCUT2D eigenvalue weighted by Crippen LogP contribution is -2.26. The van der Waals surface area contributed by atoms with Gasteiger partial charge in [0.25, 0.3) is 0 Å². The highest BCUT2D eigenvalue weighted by molar-refractivity contribution is 8.03. The van der Waals surface area contributed by atoms with Crippen LogP contribution in [0.4, 0.5) is 0 Å². The van der Waals surface area contributed by atoms with Crippen molar-refractivity contribution in [3.63, 3.8) is 0 Å². The zero-order valence-corrected chi connectivity index (χ0v) is 13.0. The van der Waals surface area contributed by atoms with Gasteiger partial charge in [-0.25, -0.2) is 10.6 Å². The third kappa shape index (κ3) is 3.73. The molecule has 114 valence electrons. The van der Waals surface area contributed by atoms with Crippen molar-refractivity contribution >= 4 is 29.3 Å². The molecular formula is C15H14ClN3O2S. The molecule has 0 saturated heterocycles. The number of halogens is 1. The molecular weight excluding hydrogens is 322 g/mol. The van der Waals surface area contributed by atoms with Gasteiger partial charge in [0.15, 0.2) is 0 Å². The van der Waals surface area contributed by atoms with E-state index in [4.69, 9.17) is 28.3 Å². The molecule has 0 radical (unpaired) electrons. The van der Waals surface area contributed by atoms with Gasteiger partial charge in [-0.3, -0.25) is 0 Å². The highest BCUT2D eigenvalue weighted by atomic mass is 35.5. The van der Waals surface area contributed by atoms with Crippen LogP contribution in [-0.4, -0.2) is 11.1 Å². The lowest BCUT2D eigenvalue weighted by Gasteiger charge is -2.09. The quantitative estimate of drug-likeness (QED) is 0.290. The summed E-state index contributed by atoms with van der Waals surface area (Å²) >= 11 is 7.30. The fourth-order valence-corrected chi connectivity index (χ4v) is 2.78. The number of thioether (sulfide) groups is 1. The van der Waals surface area contributed by atoms with Crippen molar-refractivity contribution in [3.8, 4) is 11.1 Å². The van der Waals surface area contributed by atoms with Gasteiger partial charge in [-0.15, -0.1) is 0 Å². The molecule has 0 unspecified atom stereocenters. The van der Waals surface area contributed by atoms with Gasteiger partial charge in [-0.1, -0.05) is 53.7 Å². The van der Waals surface area contributed by atoms with Crippen LogP contribution >= 0.6 is 23.4 Å². The molecule has 0 atom stereocenters. The Bertz CT molecular complexity index is 717. The molecule has 0 saturated carbocycles. The van der Waals surface area contributed by atoms with E-state index in [2.05, 4.69) is 5.43 Å². The second kappa shape index (κ2) is 7.22. The number of nitrogens with two attached hydrogens (primary N) is 2. The van der Waals surface area contributed by atoms with E-state index >= 15 is 0 Å². The predicted octanol–water partition coefficient (Wildman–Crippen LogP) is 2.77. The summed E-state index contributed by atoms with van der Waals surface area (Å²) in [6.45, 7) is 0. The zero-order valence-electron chi connectivity index (χ0n) is 11.4. The molecule has 0 spiro atoms. The fraction of sp³-hybridized carbons (Fsp3) is 0. The van der Waals surface area contributed by atoms with E-state index in [1.807, 2.05) is 48.5 Å². The van der Waals surface area contributed by atoms with E-state index < -0.39 is 5.97 Å². The summed E-state index contributed by atoms with van der Waals surface area (Å²) in [5.74, 6) is 4.08. The van der Waals surface area contributed by atoms with Crippen molar-refractivity contribution in [2.45, 2.75) is 4.90 Å². The zero-order chi connectivity index (χ0) is 16.1. The number of carbonyl (C=O) groups is 1. The average Bonchev–Trinajstić information content (AvgIpc) is 2.53. The standard InChI is InChI=1S/C15H14ClN3O2S/c16-12-4-2-1-3-11(12)9-5-7-10(8-6-9)22-14(19-18)13(17)15(20)21/h1-8,19H,17-18H2,(H,20,21)/b14-13+. The van der Waals surface area contributed by atoms with Crippen LogP contribution in [0.5, 0.6) is 0 Å². The summed E-state index contributed by atoms with van der Waals surface area (Å²) in [5, 5.41) is 9.73. The van der Waals surface area contributed by atoms with Crippen LogP contribution in [0.2, 0.25) is 5.02 Å². The third-order valence-corrected chi connectivity index (χ3v) is 4.24. The van der Waals surface area contributed by atoms with E-state index in [-0.39, 0.29) is 10.7 Å². The number of aliphatic carboxylic acids is 1. The van der Waals surface area contributed by atoms with Crippen molar-refractivity contribution in [2.24, 2.45) is 11.6 Å². The summed E-state index contributed by atoms with van der Waals surface area (Å²) in [5.41, 5.74) is 9.33. The molecule has 6 N–H and O–H groups in total. The van der Waals surface area contributed by atoms with Crippen LogP contribution in [0.25, 0.3) is 11.1 Å². The normalized spacial score (nSPS) is 11.7.